The molecular formula is C14H14FN. The molecule has 2 heteroatoms. The number of benzene rings is 2. The van der Waals surface area contributed by atoms with Gasteiger partial charge in [0.15, 0.2) is 0 Å². The Bertz CT molecular complexity index is 489. The summed E-state index contributed by atoms with van der Waals surface area (Å²) in [6, 6.07) is 12.6. The summed E-state index contributed by atoms with van der Waals surface area (Å²) in [6.07, 6.45) is 0. The lowest BCUT2D eigenvalue weighted by Crippen LogP contribution is -1.96. The molecule has 0 unspecified atom stereocenters. The highest BCUT2D eigenvalue weighted by Gasteiger charge is 2.02. The Kier molecular flexibility index (Phi) is 3.02. The van der Waals surface area contributed by atoms with E-state index in [0.717, 1.165) is 22.3 Å². The van der Waals surface area contributed by atoms with Crippen LogP contribution in [-0.4, -0.2) is 0 Å². The summed E-state index contributed by atoms with van der Waals surface area (Å²) >= 11 is 0. The molecule has 0 aliphatic carbocycles. The molecule has 0 amide bonds. The van der Waals surface area contributed by atoms with Crippen molar-refractivity contribution in [2.24, 2.45) is 5.73 Å². The van der Waals surface area contributed by atoms with E-state index in [1.165, 1.54) is 12.1 Å². The first kappa shape index (κ1) is 10.8. The van der Waals surface area contributed by atoms with E-state index in [1.807, 2.05) is 19.1 Å². The number of halogens is 1. The van der Waals surface area contributed by atoms with Gasteiger partial charge in [-0.05, 0) is 41.3 Å². The second-order valence-corrected chi connectivity index (χ2v) is 3.86. The Hall–Kier alpha value is -1.67. The monoisotopic (exact) mass is 215 g/mol. The van der Waals surface area contributed by atoms with E-state index in [0.29, 0.717) is 6.54 Å². The molecule has 0 atom stereocenters. The molecule has 0 aliphatic rings. The van der Waals surface area contributed by atoms with Crippen LogP contribution in [0.4, 0.5) is 4.39 Å². The van der Waals surface area contributed by atoms with Crippen LogP contribution in [-0.2, 0) is 6.54 Å². The molecule has 0 saturated heterocycles. The van der Waals surface area contributed by atoms with Crippen LogP contribution < -0.4 is 5.73 Å². The van der Waals surface area contributed by atoms with Crippen molar-refractivity contribution in [1.82, 2.24) is 0 Å². The van der Waals surface area contributed by atoms with E-state index >= 15 is 0 Å². The van der Waals surface area contributed by atoms with Crippen molar-refractivity contribution in [2.75, 3.05) is 0 Å². The van der Waals surface area contributed by atoms with E-state index in [1.54, 1.807) is 12.1 Å². The van der Waals surface area contributed by atoms with Crippen molar-refractivity contribution in [3.63, 3.8) is 0 Å². The van der Waals surface area contributed by atoms with Crippen LogP contribution in [0.25, 0.3) is 11.1 Å². The van der Waals surface area contributed by atoms with Crippen LogP contribution in [0.15, 0.2) is 42.5 Å². The minimum Gasteiger partial charge on any atom is -0.326 e. The molecule has 0 bridgehead atoms. The summed E-state index contributed by atoms with van der Waals surface area (Å²) in [7, 11) is 0. The van der Waals surface area contributed by atoms with Crippen molar-refractivity contribution in [3.8, 4) is 11.1 Å². The van der Waals surface area contributed by atoms with E-state index < -0.39 is 0 Å². The van der Waals surface area contributed by atoms with Gasteiger partial charge in [-0.15, -0.1) is 0 Å². The SMILES string of the molecule is Cc1cc(CN)ccc1-c1ccc(F)cc1. The maximum atomic E-state index is 12.8. The molecule has 0 saturated carbocycles. The number of hydrogen-bond acceptors (Lipinski definition) is 1. The Morgan fingerprint density at radius 1 is 1.06 bits per heavy atom. The Morgan fingerprint density at radius 2 is 1.75 bits per heavy atom. The van der Waals surface area contributed by atoms with Gasteiger partial charge in [0.05, 0.1) is 0 Å². The zero-order valence-electron chi connectivity index (χ0n) is 9.20. The lowest BCUT2D eigenvalue weighted by Gasteiger charge is -2.07. The zero-order valence-corrected chi connectivity index (χ0v) is 9.20. The van der Waals surface area contributed by atoms with E-state index in [2.05, 4.69) is 6.07 Å². The summed E-state index contributed by atoms with van der Waals surface area (Å²) in [4.78, 5) is 0. The van der Waals surface area contributed by atoms with Gasteiger partial charge in [0.1, 0.15) is 5.82 Å². The summed E-state index contributed by atoms with van der Waals surface area (Å²) in [6.45, 7) is 2.59. The van der Waals surface area contributed by atoms with Gasteiger partial charge in [0.2, 0.25) is 0 Å². The van der Waals surface area contributed by atoms with Gasteiger partial charge in [-0.1, -0.05) is 30.3 Å². The molecule has 82 valence electrons. The van der Waals surface area contributed by atoms with Crippen molar-refractivity contribution in [1.29, 1.82) is 0 Å². The van der Waals surface area contributed by atoms with Crippen molar-refractivity contribution < 1.29 is 4.39 Å². The number of nitrogens with two attached hydrogens (primary N) is 1. The molecule has 16 heavy (non-hydrogen) atoms. The smallest absolute Gasteiger partial charge is 0.123 e. The van der Waals surface area contributed by atoms with Gasteiger partial charge in [-0.25, -0.2) is 4.39 Å². The molecular weight excluding hydrogens is 201 g/mol. The molecule has 2 N–H and O–H groups in total. The fourth-order valence-electron chi connectivity index (χ4n) is 1.81. The summed E-state index contributed by atoms with van der Waals surface area (Å²) in [5.41, 5.74) is 10.0. The second kappa shape index (κ2) is 4.45. The lowest BCUT2D eigenvalue weighted by molar-refractivity contribution is 0.628. The molecule has 0 heterocycles. The van der Waals surface area contributed by atoms with Crippen LogP contribution in [0.2, 0.25) is 0 Å². The average Bonchev–Trinajstić information content (AvgIpc) is 2.30. The number of aryl methyl sites for hydroxylation is 1. The minimum absolute atomic E-state index is 0.208. The standard InChI is InChI=1S/C14H14FN/c1-10-8-11(9-16)2-7-14(10)12-3-5-13(15)6-4-12/h2-8H,9,16H2,1H3. The third-order valence-corrected chi connectivity index (χ3v) is 2.68. The summed E-state index contributed by atoms with van der Waals surface area (Å²) in [5, 5.41) is 0. The normalized spacial score (nSPS) is 10.4. The van der Waals surface area contributed by atoms with Gasteiger partial charge in [-0.3, -0.25) is 0 Å². The lowest BCUT2D eigenvalue weighted by atomic mass is 9.98. The molecule has 1 nitrogen and oxygen atoms in total. The Labute approximate surface area is 94.7 Å². The highest BCUT2D eigenvalue weighted by molar-refractivity contribution is 5.67. The largest absolute Gasteiger partial charge is 0.326 e. The molecule has 2 aromatic carbocycles. The van der Waals surface area contributed by atoms with Gasteiger partial charge in [0, 0.05) is 6.54 Å². The maximum absolute atomic E-state index is 12.8. The van der Waals surface area contributed by atoms with Crippen LogP contribution in [0.5, 0.6) is 0 Å². The van der Waals surface area contributed by atoms with Crippen molar-refractivity contribution in [3.05, 3.63) is 59.4 Å². The molecule has 0 aromatic heterocycles. The predicted octanol–water partition coefficient (Wildman–Crippen LogP) is 3.26. The zero-order chi connectivity index (χ0) is 11.5. The maximum Gasteiger partial charge on any atom is 0.123 e. The van der Waals surface area contributed by atoms with E-state index in [-0.39, 0.29) is 5.82 Å². The highest BCUT2D eigenvalue weighted by atomic mass is 19.1. The fourth-order valence-corrected chi connectivity index (χ4v) is 1.81. The first-order valence-electron chi connectivity index (χ1n) is 5.26. The first-order chi connectivity index (χ1) is 7.70. The molecule has 0 radical (unpaired) electrons. The Balaban J connectivity index is 2.44. The highest BCUT2D eigenvalue weighted by Crippen LogP contribution is 2.24. The first-order valence-corrected chi connectivity index (χ1v) is 5.26. The van der Waals surface area contributed by atoms with Gasteiger partial charge in [-0.2, -0.15) is 0 Å². The molecule has 2 aromatic rings. The third-order valence-electron chi connectivity index (χ3n) is 2.68. The minimum atomic E-state index is -0.208. The Morgan fingerprint density at radius 3 is 2.31 bits per heavy atom. The van der Waals surface area contributed by atoms with Crippen LogP contribution >= 0.6 is 0 Å². The predicted molar refractivity (Wildman–Crippen MR) is 64.5 cm³/mol. The van der Waals surface area contributed by atoms with E-state index in [9.17, 15) is 4.39 Å². The fraction of sp³-hybridized carbons (Fsp3) is 0.143. The van der Waals surface area contributed by atoms with Gasteiger partial charge < -0.3 is 5.73 Å². The number of hydrogen-bond donors (Lipinski definition) is 1. The molecule has 0 aliphatic heterocycles. The average molecular weight is 215 g/mol. The van der Waals surface area contributed by atoms with Crippen LogP contribution in [0, 0.1) is 12.7 Å². The number of rotatable bonds is 2. The van der Waals surface area contributed by atoms with Gasteiger partial charge >= 0.3 is 0 Å². The molecule has 0 spiro atoms. The molecule has 0 fully saturated rings. The third kappa shape index (κ3) is 2.12. The van der Waals surface area contributed by atoms with Crippen molar-refractivity contribution >= 4 is 0 Å². The topological polar surface area (TPSA) is 26.0 Å². The van der Waals surface area contributed by atoms with Crippen LogP contribution in [0.1, 0.15) is 11.1 Å². The second-order valence-electron chi connectivity index (χ2n) is 3.86. The quantitative estimate of drug-likeness (QED) is 0.817. The van der Waals surface area contributed by atoms with Crippen molar-refractivity contribution in [2.45, 2.75) is 13.5 Å². The summed E-state index contributed by atoms with van der Waals surface area (Å²) < 4.78 is 12.8. The van der Waals surface area contributed by atoms with Gasteiger partial charge in [0.25, 0.3) is 0 Å². The van der Waals surface area contributed by atoms with Crippen LogP contribution in [0.3, 0.4) is 0 Å². The summed E-state index contributed by atoms with van der Waals surface area (Å²) in [5.74, 6) is -0.208. The van der Waals surface area contributed by atoms with E-state index in [4.69, 9.17) is 5.73 Å². The molecule has 2 rings (SSSR count).